The lowest BCUT2D eigenvalue weighted by molar-refractivity contribution is 0.273. The molecule has 0 saturated carbocycles. The van der Waals surface area contributed by atoms with Crippen LogP contribution in [0.25, 0.3) is 0 Å². The van der Waals surface area contributed by atoms with Gasteiger partial charge in [-0.05, 0) is 40.2 Å². The summed E-state index contributed by atoms with van der Waals surface area (Å²) in [6.45, 7) is 14.6. The predicted octanol–water partition coefficient (Wildman–Crippen LogP) is 2.70. The number of allylic oxidation sites excluding steroid dienone is 2. The van der Waals surface area contributed by atoms with Crippen molar-refractivity contribution < 1.29 is 0 Å². The van der Waals surface area contributed by atoms with Gasteiger partial charge < -0.3 is 5.01 Å². The van der Waals surface area contributed by atoms with Crippen LogP contribution in [0.15, 0.2) is 23.4 Å². The Balaban J connectivity index is 4.36. The second-order valence-electron chi connectivity index (χ2n) is 3.91. The lowest BCUT2D eigenvalue weighted by Gasteiger charge is -2.26. The van der Waals surface area contributed by atoms with Crippen LogP contribution < -0.4 is 5.43 Å². The van der Waals surface area contributed by atoms with Crippen molar-refractivity contribution in [2.45, 2.75) is 40.7 Å². The van der Waals surface area contributed by atoms with Gasteiger partial charge in [0.25, 0.3) is 0 Å². The minimum absolute atomic E-state index is 0.437. The monoisotopic (exact) mass is 182 g/mol. The Morgan fingerprint density at radius 1 is 1.23 bits per heavy atom. The van der Waals surface area contributed by atoms with Crippen LogP contribution in [0, 0.1) is 0 Å². The van der Waals surface area contributed by atoms with Crippen molar-refractivity contribution in [2.75, 3.05) is 7.05 Å². The zero-order valence-corrected chi connectivity index (χ0v) is 9.73. The molecule has 0 heterocycles. The molecule has 0 aliphatic heterocycles. The second kappa shape index (κ2) is 5.07. The third kappa shape index (κ3) is 4.13. The van der Waals surface area contributed by atoms with E-state index in [0.717, 1.165) is 5.70 Å². The molecule has 0 atom stereocenters. The number of nitrogens with zero attached hydrogens (tertiary/aromatic N) is 1. The van der Waals surface area contributed by atoms with E-state index in [9.17, 15) is 0 Å². The summed E-state index contributed by atoms with van der Waals surface area (Å²) < 4.78 is 0. The van der Waals surface area contributed by atoms with Gasteiger partial charge in [-0.15, -0.1) is 0 Å². The molecule has 0 aromatic heterocycles. The maximum atomic E-state index is 4.03. The van der Waals surface area contributed by atoms with Gasteiger partial charge in [-0.1, -0.05) is 12.2 Å². The summed E-state index contributed by atoms with van der Waals surface area (Å²) in [5.41, 5.74) is 6.87. The molecule has 13 heavy (non-hydrogen) atoms. The van der Waals surface area contributed by atoms with Crippen molar-refractivity contribution in [1.82, 2.24) is 10.4 Å². The molecule has 0 fully saturated rings. The number of hydrogen-bond acceptors (Lipinski definition) is 2. The number of likely N-dealkylation sites (N-methyl/N-ethyl adjacent to an activating group) is 1. The molecule has 0 bridgehead atoms. The van der Waals surface area contributed by atoms with E-state index in [1.807, 2.05) is 12.1 Å². The topological polar surface area (TPSA) is 15.3 Å². The quantitative estimate of drug-likeness (QED) is 0.531. The smallest absolute Gasteiger partial charge is 0.0473 e. The first-order chi connectivity index (χ1) is 5.86. The molecule has 0 aliphatic carbocycles. The molecule has 0 saturated heterocycles. The first-order valence-electron chi connectivity index (χ1n) is 4.69. The van der Waals surface area contributed by atoms with E-state index in [4.69, 9.17) is 0 Å². The average Bonchev–Trinajstić information content (AvgIpc) is 2.00. The molecule has 76 valence electrons. The van der Waals surface area contributed by atoms with Gasteiger partial charge >= 0.3 is 0 Å². The van der Waals surface area contributed by atoms with Gasteiger partial charge in [-0.25, -0.2) is 5.43 Å². The molecule has 0 rings (SSSR count). The lowest BCUT2D eigenvalue weighted by atomic mass is 10.1. The van der Waals surface area contributed by atoms with Crippen LogP contribution in [0.1, 0.15) is 34.6 Å². The Labute approximate surface area is 82.3 Å². The van der Waals surface area contributed by atoms with Crippen molar-refractivity contribution >= 4 is 0 Å². The van der Waals surface area contributed by atoms with Gasteiger partial charge in [0.2, 0.25) is 0 Å². The summed E-state index contributed by atoms with van der Waals surface area (Å²) in [7, 11) is 1.99. The normalized spacial score (nSPS) is 10.1. The van der Waals surface area contributed by atoms with Crippen LogP contribution >= 0.6 is 0 Å². The summed E-state index contributed by atoms with van der Waals surface area (Å²) in [6.07, 6.45) is 0. The summed E-state index contributed by atoms with van der Waals surface area (Å²) in [5, 5.41) is 1.98. The van der Waals surface area contributed by atoms with Gasteiger partial charge in [0.15, 0.2) is 0 Å². The minimum atomic E-state index is 0.437. The van der Waals surface area contributed by atoms with E-state index in [-0.39, 0.29) is 0 Å². The zero-order chi connectivity index (χ0) is 10.6. The van der Waals surface area contributed by atoms with E-state index in [0.29, 0.717) is 6.04 Å². The fourth-order valence-corrected chi connectivity index (χ4v) is 1.01. The summed E-state index contributed by atoms with van der Waals surface area (Å²) in [6, 6.07) is 0.437. The molecule has 0 amide bonds. The summed E-state index contributed by atoms with van der Waals surface area (Å²) in [4.78, 5) is 0. The van der Waals surface area contributed by atoms with E-state index in [1.165, 1.54) is 11.1 Å². The maximum absolute atomic E-state index is 4.03. The molecule has 1 N–H and O–H groups in total. The highest BCUT2D eigenvalue weighted by molar-refractivity contribution is 5.27. The fourth-order valence-electron chi connectivity index (χ4n) is 1.01. The van der Waals surface area contributed by atoms with E-state index in [2.05, 4.69) is 46.6 Å². The summed E-state index contributed by atoms with van der Waals surface area (Å²) >= 11 is 0. The Morgan fingerprint density at radius 2 is 1.69 bits per heavy atom. The van der Waals surface area contributed by atoms with E-state index >= 15 is 0 Å². The van der Waals surface area contributed by atoms with Gasteiger partial charge in [0, 0.05) is 18.8 Å². The maximum Gasteiger partial charge on any atom is 0.0473 e. The highest BCUT2D eigenvalue weighted by Crippen LogP contribution is 2.13. The van der Waals surface area contributed by atoms with Gasteiger partial charge in [-0.2, -0.15) is 0 Å². The molecule has 0 spiro atoms. The van der Waals surface area contributed by atoms with Crippen molar-refractivity contribution in [3.8, 4) is 0 Å². The molecule has 2 nitrogen and oxygen atoms in total. The second-order valence-corrected chi connectivity index (χ2v) is 3.91. The van der Waals surface area contributed by atoms with Crippen LogP contribution in [-0.2, 0) is 0 Å². The van der Waals surface area contributed by atoms with Gasteiger partial charge in [0.05, 0.1) is 0 Å². The average molecular weight is 182 g/mol. The molecular formula is C11H22N2. The molecule has 0 aliphatic rings. The van der Waals surface area contributed by atoms with Crippen molar-refractivity contribution in [3.63, 3.8) is 0 Å². The number of hydrogen-bond donors (Lipinski definition) is 1. The molecular weight excluding hydrogens is 160 g/mol. The van der Waals surface area contributed by atoms with Crippen LogP contribution in [0.4, 0.5) is 0 Å². The third-order valence-corrected chi connectivity index (χ3v) is 2.04. The van der Waals surface area contributed by atoms with Crippen molar-refractivity contribution in [1.29, 1.82) is 0 Å². The zero-order valence-electron chi connectivity index (χ0n) is 9.73. The Kier molecular flexibility index (Phi) is 4.78. The Hall–Kier alpha value is -0.760. The Morgan fingerprint density at radius 3 is 2.00 bits per heavy atom. The van der Waals surface area contributed by atoms with Gasteiger partial charge in [-0.3, -0.25) is 0 Å². The molecule has 0 radical (unpaired) electrons. The first-order valence-corrected chi connectivity index (χ1v) is 4.69. The van der Waals surface area contributed by atoms with Crippen LogP contribution in [0.3, 0.4) is 0 Å². The van der Waals surface area contributed by atoms with Crippen LogP contribution in [0.2, 0.25) is 0 Å². The molecule has 0 unspecified atom stereocenters. The predicted molar refractivity (Wildman–Crippen MR) is 59.2 cm³/mol. The van der Waals surface area contributed by atoms with Crippen LogP contribution in [-0.4, -0.2) is 18.1 Å². The molecule has 2 heteroatoms. The van der Waals surface area contributed by atoms with Gasteiger partial charge in [0.1, 0.15) is 0 Å². The van der Waals surface area contributed by atoms with Crippen LogP contribution in [0.5, 0.6) is 0 Å². The highest BCUT2D eigenvalue weighted by atomic mass is 15.5. The lowest BCUT2D eigenvalue weighted by Crippen LogP contribution is -2.38. The SMILES string of the molecule is C=C(C(C)=C(C)C)N(C)NC(C)C. The fraction of sp³-hybridized carbons (Fsp3) is 0.636. The largest absolute Gasteiger partial charge is 0.312 e. The summed E-state index contributed by atoms with van der Waals surface area (Å²) in [5.74, 6) is 0. The highest BCUT2D eigenvalue weighted by Gasteiger charge is 2.05. The molecule has 0 aromatic rings. The van der Waals surface area contributed by atoms with E-state index < -0.39 is 0 Å². The van der Waals surface area contributed by atoms with Crippen molar-refractivity contribution in [2.24, 2.45) is 0 Å². The number of rotatable bonds is 4. The minimum Gasteiger partial charge on any atom is -0.312 e. The van der Waals surface area contributed by atoms with E-state index in [1.54, 1.807) is 0 Å². The number of nitrogens with one attached hydrogen (secondary N) is 1. The number of hydrazine groups is 1. The first kappa shape index (κ1) is 12.2. The van der Waals surface area contributed by atoms with Crippen molar-refractivity contribution in [3.05, 3.63) is 23.4 Å². The third-order valence-electron chi connectivity index (χ3n) is 2.04. The Bertz CT molecular complexity index is 210. The standard InChI is InChI=1S/C11H22N2/c1-8(2)10(5)11(6)13(7)12-9(3)4/h9,12H,6H2,1-5,7H3. The molecule has 0 aromatic carbocycles.